The van der Waals surface area contributed by atoms with Crippen molar-refractivity contribution in [3.05, 3.63) is 72.1 Å². The van der Waals surface area contributed by atoms with Crippen molar-refractivity contribution < 1.29 is 19.1 Å². The number of para-hydroxylation sites is 1. The molecule has 1 aliphatic heterocycles. The molecule has 2 aromatic heterocycles. The van der Waals surface area contributed by atoms with Gasteiger partial charge in [0.15, 0.2) is 6.04 Å². The third-order valence-electron chi connectivity index (χ3n) is 11.0. The molecule has 0 radical (unpaired) electrons. The first-order chi connectivity index (χ1) is 27.9. The number of aromatic amines is 1. The van der Waals surface area contributed by atoms with Gasteiger partial charge in [0, 0.05) is 49.7 Å². The van der Waals surface area contributed by atoms with E-state index in [-0.39, 0.29) is 24.8 Å². The van der Waals surface area contributed by atoms with Gasteiger partial charge in [-0.2, -0.15) is 4.98 Å². The van der Waals surface area contributed by atoms with Crippen LogP contribution in [0.4, 0.5) is 11.8 Å². The van der Waals surface area contributed by atoms with Crippen LogP contribution in [0, 0.1) is 0 Å². The number of fused-ring (bicyclic) bond motifs is 1. The molecule has 2 amide bonds. The number of aryl methyl sites for hydroxylation is 1. The molecule has 15 nitrogen and oxygen atoms in total. The number of benzene rings is 2. The number of ether oxygens (including phenoxy) is 1. The van der Waals surface area contributed by atoms with E-state index in [1.54, 1.807) is 24.3 Å². The predicted octanol–water partition coefficient (Wildman–Crippen LogP) is 4.20. The van der Waals surface area contributed by atoms with E-state index in [2.05, 4.69) is 42.6 Å². The van der Waals surface area contributed by atoms with Crippen LogP contribution in [0.15, 0.2) is 60.8 Å². The average molecular weight is 784 g/mol. The minimum Gasteiger partial charge on any atom is -0.467 e. The third kappa shape index (κ3) is 12.5. The van der Waals surface area contributed by atoms with Crippen molar-refractivity contribution in [2.75, 3.05) is 50.5 Å². The summed E-state index contributed by atoms with van der Waals surface area (Å²) < 4.78 is 7.00. The summed E-state index contributed by atoms with van der Waals surface area (Å²) >= 11 is 0. The number of nitrogens with one attached hydrogen (secondary N) is 6. The number of likely N-dealkylation sites (tertiary alicyclic amines) is 1. The maximum Gasteiger partial charge on any atom is 0.333 e. The molecule has 15 heteroatoms. The Labute approximate surface area is 335 Å². The van der Waals surface area contributed by atoms with Crippen molar-refractivity contribution in [3.8, 4) is 0 Å². The van der Waals surface area contributed by atoms with Crippen molar-refractivity contribution in [3.63, 3.8) is 0 Å². The molecule has 3 heterocycles. The molecule has 8 N–H and O–H groups in total. The lowest BCUT2D eigenvalue weighted by molar-refractivity contribution is -0.145. The number of nitrogens with zero attached hydrogens (tertiary/aromatic N) is 4. The molecule has 0 spiro atoms. The van der Waals surface area contributed by atoms with Crippen LogP contribution >= 0.6 is 0 Å². The minimum atomic E-state index is -0.977. The molecule has 1 saturated carbocycles. The molecular weight excluding hydrogens is 723 g/mol. The zero-order chi connectivity index (χ0) is 39.8. The van der Waals surface area contributed by atoms with Crippen molar-refractivity contribution in [2.45, 2.75) is 108 Å². The Hall–Kier alpha value is -4.99. The summed E-state index contributed by atoms with van der Waals surface area (Å²) in [5.74, 6) is 0.157. The molecule has 57 heavy (non-hydrogen) atoms. The smallest absolute Gasteiger partial charge is 0.333 e. The molecule has 4 aromatic rings. The molecule has 2 aliphatic rings. The highest BCUT2D eigenvalue weighted by atomic mass is 16.5. The van der Waals surface area contributed by atoms with Crippen molar-refractivity contribution in [2.24, 2.45) is 5.73 Å². The number of nitrogens with two attached hydrogens (primary N) is 1. The van der Waals surface area contributed by atoms with Gasteiger partial charge in [0.25, 0.3) is 0 Å². The summed E-state index contributed by atoms with van der Waals surface area (Å²) in [6.45, 7) is 5.85. The number of anilines is 2. The van der Waals surface area contributed by atoms with Gasteiger partial charge in [-0.15, -0.1) is 0 Å². The van der Waals surface area contributed by atoms with Crippen molar-refractivity contribution in [1.29, 1.82) is 0 Å². The highest BCUT2D eigenvalue weighted by Crippen LogP contribution is 2.25. The Kier molecular flexibility index (Phi) is 15.7. The van der Waals surface area contributed by atoms with E-state index >= 15 is 0 Å². The van der Waals surface area contributed by atoms with E-state index in [4.69, 9.17) is 20.4 Å². The lowest BCUT2D eigenvalue weighted by Crippen LogP contribution is -2.46. The van der Waals surface area contributed by atoms with Gasteiger partial charge in [-0.1, -0.05) is 61.7 Å². The van der Waals surface area contributed by atoms with Gasteiger partial charge in [-0.25, -0.2) is 9.78 Å². The number of piperidine rings is 1. The van der Waals surface area contributed by atoms with Crippen LogP contribution in [0.5, 0.6) is 0 Å². The second kappa shape index (κ2) is 21.5. The van der Waals surface area contributed by atoms with Gasteiger partial charge in [-0.05, 0) is 82.3 Å². The number of aromatic nitrogens is 4. The number of carbonyl (C=O) groups is 3. The summed E-state index contributed by atoms with van der Waals surface area (Å²) in [6.07, 6.45) is 13.0. The maximum atomic E-state index is 13.1. The number of carbonyl (C=O) groups excluding carboxylic acids is 3. The van der Waals surface area contributed by atoms with Gasteiger partial charge in [0.2, 0.25) is 17.8 Å². The first kappa shape index (κ1) is 41.6. The Bertz CT molecular complexity index is 1840. The lowest BCUT2D eigenvalue weighted by atomic mass is 9.95. The highest BCUT2D eigenvalue weighted by molar-refractivity contribution is 5.90. The number of H-pyrrole nitrogens is 1. The summed E-state index contributed by atoms with van der Waals surface area (Å²) in [4.78, 5) is 49.8. The van der Waals surface area contributed by atoms with Crippen molar-refractivity contribution >= 4 is 40.5 Å². The van der Waals surface area contributed by atoms with E-state index < -0.39 is 24.0 Å². The fourth-order valence-corrected chi connectivity index (χ4v) is 7.66. The van der Waals surface area contributed by atoms with Crippen LogP contribution in [0.2, 0.25) is 0 Å². The topological polar surface area (TPSA) is 196 Å². The monoisotopic (exact) mass is 783 g/mol. The van der Waals surface area contributed by atoms with Crippen molar-refractivity contribution in [1.82, 2.24) is 40.6 Å². The van der Waals surface area contributed by atoms with E-state index in [9.17, 15) is 14.4 Å². The van der Waals surface area contributed by atoms with Crippen LogP contribution in [0.25, 0.3) is 10.9 Å². The van der Waals surface area contributed by atoms with Gasteiger partial charge < -0.3 is 42.0 Å². The lowest BCUT2D eigenvalue weighted by Gasteiger charge is -2.33. The molecule has 2 fully saturated rings. The zero-order valence-electron chi connectivity index (χ0n) is 33.3. The zero-order valence-corrected chi connectivity index (χ0v) is 33.3. The largest absolute Gasteiger partial charge is 0.467 e. The molecule has 1 aliphatic carbocycles. The maximum absolute atomic E-state index is 13.1. The molecule has 0 unspecified atom stereocenters. The number of amides is 2. The van der Waals surface area contributed by atoms with Gasteiger partial charge in [0.1, 0.15) is 5.82 Å². The van der Waals surface area contributed by atoms with Gasteiger partial charge >= 0.3 is 5.97 Å². The van der Waals surface area contributed by atoms with Crippen LogP contribution in [0.1, 0.15) is 87.9 Å². The standard InChI is InChI=1S/C42H61N11O4/c1-57-41(56)38(30-12-4-2-5-13-30)49-40(55)35(43)18-19-37(54)52-26-20-32(21-27-52)47-39-34-16-8-9-17-36(34)48-42(50-39)46-28-33-29-53(51-33)25-11-23-44-22-10-24-45-31-14-6-3-7-15-31/h2,4-5,8-9,12-13,16-17,29,31-32,35,38,44-45,51H,3,6-7,10-11,14-15,18-28,43H2,1H3,(H,49,55)(H2,46,47,48,50)/t35-,38-/m0/s1. The summed E-state index contributed by atoms with van der Waals surface area (Å²) in [6, 6.07) is 15.7. The molecule has 2 aromatic carbocycles. The Morgan fingerprint density at radius 1 is 0.912 bits per heavy atom. The highest BCUT2D eigenvalue weighted by Gasteiger charge is 2.28. The SMILES string of the molecule is COC(=O)[C@@H](NC(=O)[C@@H](N)CCC(=O)N1CCC(Nc2nc(NCc3cn(CCCNCCCNC4CCCCC4)[nH]3)nc3ccccc23)CC1)c1ccccc1. The summed E-state index contributed by atoms with van der Waals surface area (Å²) in [7, 11) is 1.27. The fraction of sp³-hybridized carbons (Fsp3) is 0.548. The number of methoxy groups -OCH3 is 1. The quantitative estimate of drug-likeness (QED) is 0.0473. The molecule has 1 saturated heterocycles. The van der Waals surface area contributed by atoms with E-state index in [1.165, 1.54) is 45.6 Å². The van der Waals surface area contributed by atoms with Crippen LogP contribution in [-0.2, 0) is 32.2 Å². The Morgan fingerprint density at radius 2 is 1.65 bits per heavy atom. The van der Waals surface area contributed by atoms with Crippen LogP contribution in [-0.4, -0.2) is 100 Å². The van der Waals surface area contributed by atoms with Gasteiger partial charge in [0.05, 0.1) is 30.9 Å². The van der Waals surface area contributed by atoms with Crippen LogP contribution in [0.3, 0.4) is 0 Å². The number of hydrogen-bond donors (Lipinski definition) is 7. The second-order valence-electron chi connectivity index (χ2n) is 15.3. The van der Waals surface area contributed by atoms with Crippen LogP contribution < -0.4 is 32.3 Å². The Balaban J connectivity index is 0.894. The Morgan fingerprint density at radius 3 is 2.42 bits per heavy atom. The van der Waals surface area contributed by atoms with E-state index in [0.29, 0.717) is 31.1 Å². The van der Waals surface area contributed by atoms with E-state index in [1.807, 2.05) is 35.2 Å². The molecule has 308 valence electrons. The molecular formula is C42H61N11O4. The first-order valence-electron chi connectivity index (χ1n) is 20.8. The summed E-state index contributed by atoms with van der Waals surface area (Å²) in [5.41, 5.74) is 8.69. The van der Waals surface area contributed by atoms with Gasteiger partial charge in [-0.3, -0.25) is 19.4 Å². The molecule has 2 atom stereocenters. The minimum absolute atomic E-state index is 0.0506. The molecule has 0 bridgehead atoms. The number of esters is 1. The predicted molar refractivity (Wildman–Crippen MR) is 222 cm³/mol. The first-order valence-corrected chi connectivity index (χ1v) is 20.8. The van der Waals surface area contributed by atoms with E-state index in [0.717, 1.165) is 73.9 Å². The second-order valence-corrected chi connectivity index (χ2v) is 15.3. The normalized spacial score (nSPS) is 16.3. The third-order valence-corrected chi connectivity index (χ3v) is 11.0. The summed E-state index contributed by atoms with van der Waals surface area (Å²) in [5, 5.41) is 21.3. The fourth-order valence-electron chi connectivity index (χ4n) is 7.66. The molecule has 6 rings (SSSR count). The number of hydrogen-bond acceptors (Lipinski definition) is 11. The number of rotatable bonds is 21. The average Bonchev–Trinajstić information content (AvgIpc) is 3.23.